The van der Waals surface area contributed by atoms with Gasteiger partial charge in [-0.3, -0.25) is 4.79 Å². The normalized spacial score (nSPS) is 20.4. The average molecular weight is 368 g/mol. The SMILES string of the molecule is O=C(C1CC1)N1CCC(Oc2ccc(-c3noc(C(F)(F)F)n3)cn2)C1. The second kappa shape index (κ2) is 6.26. The third kappa shape index (κ3) is 3.49. The Hall–Kier alpha value is -2.65. The number of carbonyl (C=O) groups is 1. The van der Waals surface area contributed by atoms with Gasteiger partial charge in [-0.2, -0.15) is 18.2 Å². The number of alkyl halides is 3. The van der Waals surface area contributed by atoms with Crippen molar-refractivity contribution in [2.24, 2.45) is 5.92 Å². The molecule has 1 saturated carbocycles. The van der Waals surface area contributed by atoms with Crippen molar-refractivity contribution in [2.45, 2.75) is 31.5 Å². The van der Waals surface area contributed by atoms with Gasteiger partial charge in [-0.1, -0.05) is 5.16 Å². The van der Waals surface area contributed by atoms with Gasteiger partial charge < -0.3 is 14.2 Å². The third-order valence-electron chi connectivity index (χ3n) is 4.33. The summed E-state index contributed by atoms with van der Waals surface area (Å²) < 4.78 is 47.4. The van der Waals surface area contributed by atoms with E-state index in [4.69, 9.17) is 4.74 Å². The summed E-state index contributed by atoms with van der Waals surface area (Å²) in [6.07, 6.45) is -0.845. The molecule has 0 N–H and O–H groups in total. The van der Waals surface area contributed by atoms with Gasteiger partial charge in [-0.05, 0) is 18.9 Å². The molecule has 1 aliphatic heterocycles. The van der Waals surface area contributed by atoms with E-state index in [0.29, 0.717) is 19.0 Å². The third-order valence-corrected chi connectivity index (χ3v) is 4.33. The monoisotopic (exact) mass is 368 g/mol. The van der Waals surface area contributed by atoms with E-state index in [0.717, 1.165) is 19.3 Å². The van der Waals surface area contributed by atoms with Crippen LogP contribution in [0, 0.1) is 5.92 Å². The molecule has 2 aromatic rings. The highest BCUT2D eigenvalue weighted by atomic mass is 19.4. The first-order valence-electron chi connectivity index (χ1n) is 8.23. The number of hydrogen-bond donors (Lipinski definition) is 0. The number of carbonyl (C=O) groups excluding carboxylic acids is 1. The minimum Gasteiger partial charge on any atom is -0.472 e. The van der Waals surface area contributed by atoms with Gasteiger partial charge in [-0.25, -0.2) is 4.98 Å². The number of pyridine rings is 1. The second-order valence-electron chi connectivity index (χ2n) is 6.39. The van der Waals surface area contributed by atoms with Crippen LogP contribution in [0.15, 0.2) is 22.9 Å². The summed E-state index contributed by atoms with van der Waals surface area (Å²) >= 11 is 0. The molecule has 2 aliphatic rings. The lowest BCUT2D eigenvalue weighted by molar-refractivity contribution is -0.159. The molecule has 0 spiro atoms. The van der Waals surface area contributed by atoms with Gasteiger partial charge in [0.1, 0.15) is 6.10 Å². The van der Waals surface area contributed by atoms with Crippen LogP contribution in [0.1, 0.15) is 25.2 Å². The maximum Gasteiger partial charge on any atom is 0.471 e. The summed E-state index contributed by atoms with van der Waals surface area (Å²) in [5.74, 6) is -0.892. The Balaban J connectivity index is 1.37. The molecule has 1 saturated heterocycles. The molecule has 7 nitrogen and oxygen atoms in total. The number of likely N-dealkylation sites (tertiary alicyclic amines) is 1. The van der Waals surface area contributed by atoms with Gasteiger partial charge in [0.25, 0.3) is 0 Å². The molecule has 3 heterocycles. The van der Waals surface area contributed by atoms with Crippen molar-refractivity contribution in [3.05, 3.63) is 24.2 Å². The van der Waals surface area contributed by atoms with E-state index < -0.39 is 12.1 Å². The molecule has 1 aliphatic carbocycles. The topological polar surface area (TPSA) is 81.4 Å². The average Bonchev–Trinajstić information content (AvgIpc) is 3.14. The molecule has 2 aromatic heterocycles. The van der Waals surface area contributed by atoms with E-state index in [2.05, 4.69) is 19.6 Å². The van der Waals surface area contributed by atoms with E-state index in [9.17, 15) is 18.0 Å². The van der Waals surface area contributed by atoms with Crippen molar-refractivity contribution in [3.8, 4) is 17.3 Å². The summed E-state index contributed by atoms with van der Waals surface area (Å²) in [7, 11) is 0. The highest BCUT2D eigenvalue weighted by Crippen LogP contribution is 2.33. The molecule has 2 fully saturated rings. The van der Waals surface area contributed by atoms with E-state index in [1.165, 1.54) is 18.3 Å². The number of hydrogen-bond acceptors (Lipinski definition) is 6. The predicted octanol–water partition coefficient (Wildman–Crippen LogP) is 2.54. The zero-order valence-corrected chi connectivity index (χ0v) is 13.6. The van der Waals surface area contributed by atoms with Gasteiger partial charge in [-0.15, -0.1) is 0 Å². The smallest absolute Gasteiger partial charge is 0.471 e. The first-order valence-corrected chi connectivity index (χ1v) is 8.23. The number of rotatable bonds is 4. The fraction of sp³-hybridized carbons (Fsp3) is 0.500. The lowest BCUT2D eigenvalue weighted by Crippen LogP contribution is -2.32. The van der Waals surface area contributed by atoms with Crippen LogP contribution < -0.4 is 4.74 Å². The largest absolute Gasteiger partial charge is 0.472 e. The minimum absolute atomic E-state index is 0.141. The fourth-order valence-corrected chi connectivity index (χ4v) is 2.82. The molecule has 1 atom stereocenters. The van der Waals surface area contributed by atoms with E-state index >= 15 is 0 Å². The zero-order valence-electron chi connectivity index (χ0n) is 13.6. The van der Waals surface area contributed by atoms with Gasteiger partial charge in [0, 0.05) is 36.7 Å². The van der Waals surface area contributed by atoms with Crippen LogP contribution in [-0.2, 0) is 11.0 Å². The number of nitrogens with zero attached hydrogens (tertiary/aromatic N) is 4. The molecule has 138 valence electrons. The number of ether oxygens (including phenoxy) is 1. The summed E-state index contributed by atoms with van der Waals surface area (Å²) in [4.78, 5) is 21.2. The van der Waals surface area contributed by atoms with Crippen LogP contribution >= 0.6 is 0 Å². The highest BCUT2D eigenvalue weighted by molar-refractivity contribution is 5.81. The van der Waals surface area contributed by atoms with Crippen LogP contribution in [0.3, 0.4) is 0 Å². The van der Waals surface area contributed by atoms with E-state index in [1.807, 2.05) is 4.90 Å². The van der Waals surface area contributed by atoms with Crippen LogP contribution in [0.4, 0.5) is 13.2 Å². The minimum atomic E-state index is -4.69. The molecule has 0 aromatic carbocycles. The summed E-state index contributed by atoms with van der Waals surface area (Å²) in [6.45, 7) is 1.19. The van der Waals surface area contributed by atoms with Crippen molar-refractivity contribution in [2.75, 3.05) is 13.1 Å². The van der Waals surface area contributed by atoms with Crippen molar-refractivity contribution in [1.29, 1.82) is 0 Å². The molecule has 0 bridgehead atoms. The van der Waals surface area contributed by atoms with Crippen LogP contribution in [-0.4, -0.2) is 45.1 Å². The predicted molar refractivity (Wildman–Crippen MR) is 80.9 cm³/mol. The molecule has 1 amide bonds. The summed E-state index contributed by atoms with van der Waals surface area (Å²) in [6, 6.07) is 3.04. The molecule has 0 radical (unpaired) electrons. The zero-order chi connectivity index (χ0) is 18.3. The van der Waals surface area contributed by atoms with Crippen LogP contribution in [0.5, 0.6) is 5.88 Å². The molecular weight excluding hydrogens is 353 g/mol. The van der Waals surface area contributed by atoms with E-state index in [1.54, 1.807) is 0 Å². The molecule has 10 heteroatoms. The Morgan fingerprint density at radius 3 is 2.69 bits per heavy atom. The van der Waals surface area contributed by atoms with Crippen molar-refractivity contribution in [3.63, 3.8) is 0 Å². The van der Waals surface area contributed by atoms with Gasteiger partial charge in [0.2, 0.25) is 17.6 Å². The van der Waals surface area contributed by atoms with Gasteiger partial charge >= 0.3 is 12.1 Å². The Bertz CT molecular complexity index is 802. The van der Waals surface area contributed by atoms with Gasteiger partial charge in [0.15, 0.2) is 0 Å². The Morgan fingerprint density at radius 2 is 2.08 bits per heavy atom. The van der Waals surface area contributed by atoms with Crippen molar-refractivity contribution < 1.29 is 27.2 Å². The maximum atomic E-state index is 12.5. The lowest BCUT2D eigenvalue weighted by atomic mass is 10.2. The van der Waals surface area contributed by atoms with Crippen LogP contribution in [0.2, 0.25) is 0 Å². The maximum absolute atomic E-state index is 12.5. The fourth-order valence-electron chi connectivity index (χ4n) is 2.82. The first-order chi connectivity index (χ1) is 12.4. The number of aromatic nitrogens is 3. The van der Waals surface area contributed by atoms with Gasteiger partial charge in [0.05, 0.1) is 6.54 Å². The molecule has 26 heavy (non-hydrogen) atoms. The Labute approximate surface area is 146 Å². The number of amides is 1. The molecular formula is C16H15F3N4O3. The van der Waals surface area contributed by atoms with Crippen LogP contribution in [0.25, 0.3) is 11.4 Å². The highest BCUT2D eigenvalue weighted by Gasteiger charge is 2.39. The Kier molecular flexibility index (Phi) is 4.04. The second-order valence-corrected chi connectivity index (χ2v) is 6.39. The van der Waals surface area contributed by atoms with E-state index in [-0.39, 0.29) is 29.3 Å². The molecule has 1 unspecified atom stereocenters. The standard InChI is InChI=1S/C16H15F3N4O3/c17-16(18,19)15-21-13(22-26-15)10-3-4-12(20-7-10)25-11-5-6-23(8-11)14(24)9-1-2-9/h3-4,7,9,11H,1-2,5-6,8H2. The number of halogens is 3. The quantitative estimate of drug-likeness (QED) is 0.825. The summed E-state index contributed by atoms with van der Waals surface area (Å²) in [5, 5.41) is 3.31. The Morgan fingerprint density at radius 1 is 1.27 bits per heavy atom. The van der Waals surface area contributed by atoms with Crippen molar-refractivity contribution >= 4 is 5.91 Å². The summed E-state index contributed by atoms with van der Waals surface area (Å²) in [5.41, 5.74) is 0.286. The lowest BCUT2D eigenvalue weighted by Gasteiger charge is -2.16. The van der Waals surface area contributed by atoms with Crippen molar-refractivity contribution in [1.82, 2.24) is 20.0 Å². The first kappa shape index (κ1) is 16.8. The molecule has 4 rings (SSSR count).